The van der Waals surface area contributed by atoms with E-state index >= 15 is 0 Å². The Balaban J connectivity index is 1.62. The first-order chi connectivity index (χ1) is 13.2. The molecule has 156 valence electrons. The summed E-state index contributed by atoms with van der Waals surface area (Å²) >= 11 is 0. The van der Waals surface area contributed by atoms with Gasteiger partial charge < -0.3 is 20.1 Å². The minimum absolute atomic E-state index is 0.154. The van der Waals surface area contributed by atoms with Gasteiger partial charge in [-0.15, -0.1) is 0 Å². The summed E-state index contributed by atoms with van der Waals surface area (Å²) in [5, 5.41) is 5.32. The van der Waals surface area contributed by atoms with E-state index in [-0.39, 0.29) is 18.9 Å². The smallest absolute Gasteiger partial charge is 0.407 e. The average Bonchev–Trinajstić information content (AvgIpc) is 3.03. The second-order valence-electron chi connectivity index (χ2n) is 7.97. The Morgan fingerprint density at radius 1 is 1.25 bits per heavy atom. The third kappa shape index (κ3) is 7.72. The number of amides is 2. The predicted octanol–water partition coefficient (Wildman–Crippen LogP) is 2.26. The molecule has 1 aromatic heterocycles. The molecule has 28 heavy (non-hydrogen) atoms. The summed E-state index contributed by atoms with van der Waals surface area (Å²) in [7, 11) is 2.12. The van der Waals surface area contributed by atoms with E-state index < -0.39 is 11.7 Å². The number of nitrogens with one attached hydrogen (secondary N) is 2. The molecule has 2 N–H and O–H groups in total. The number of nitrogens with zero attached hydrogens (tertiary/aromatic N) is 2. The zero-order valence-corrected chi connectivity index (χ0v) is 17.3. The first-order valence-corrected chi connectivity index (χ1v) is 9.76. The van der Waals surface area contributed by atoms with Crippen LogP contribution >= 0.6 is 0 Å². The molecule has 1 aromatic rings. The van der Waals surface area contributed by atoms with E-state index in [1.807, 2.05) is 12.3 Å². The number of carbonyl (C=O) groups excluding carboxylic acids is 2. The molecule has 0 aliphatic carbocycles. The first kappa shape index (κ1) is 21.9. The predicted molar refractivity (Wildman–Crippen MR) is 106 cm³/mol. The molecule has 8 heteroatoms. The van der Waals surface area contributed by atoms with Crippen LogP contribution in [0, 0.1) is 0 Å². The third-order valence-electron chi connectivity index (χ3n) is 4.35. The minimum Gasteiger partial charge on any atom is -0.490 e. The van der Waals surface area contributed by atoms with Crippen LogP contribution in [0.25, 0.3) is 0 Å². The number of carbonyl (C=O) groups is 2. The molecule has 2 heterocycles. The van der Waals surface area contributed by atoms with Crippen molar-refractivity contribution in [1.82, 2.24) is 20.5 Å². The molecule has 2 rings (SSSR count). The van der Waals surface area contributed by atoms with Crippen molar-refractivity contribution in [1.29, 1.82) is 0 Å². The SMILES string of the molecule is CN1CCC[C@H]1c1cncc(OCCNC(=O)CCNC(=O)OC(C)(C)C)c1. The monoisotopic (exact) mass is 392 g/mol. The number of hydrogen-bond acceptors (Lipinski definition) is 6. The minimum atomic E-state index is -0.553. The van der Waals surface area contributed by atoms with Gasteiger partial charge >= 0.3 is 6.09 Å². The lowest BCUT2D eigenvalue weighted by Crippen LogP contribution is -2.35. The summed E-state index contributed by atoms with van der Waals surface area (Å²) in [6, 6.07) is 2.42. The van der Waals surface area contributed by atoms with Crippen LogP contribution in [0.2, 0.25) is 0 Å². The van der Waals surface area contributed by atoms with Crippen molar-refractivity contribution in [2.45, 2.75) is 51.7 Å². The molecule has 0 radical (unpaired) electrons. The largest absolute Gasteiger partial charge is 0.490 e. The lowest BCUT2D eigenvalue weighted by Gasteiger charge is -2.20. The van der Waals surface area contributed by atoms with Gasteiger partial charge in [0.25, 0.3) is 0 Å². The van der Waals surface area contributed by atoms with E-state index in [1.54, 1.807) is 27.0 Å². The second kappa shape index (κ2) is 10.3. The second-order valence-corrected chi connectivity index (χ2v) is 7.97. The number of rotatable bonds is 8. The van der Waals surface area contributed by atoms with Gasteiger partial charge in [-0.25, -0.2) is 4.79 Å². The molecule has 1 atom stereocenters. The van der Waals surface area contributed by atoms with Crippen LogP contribution in [0.3, 0.4) is 0 Å². The molecule has 0 aromatic carbocycles. The number of likely N-dealkylation sites (tertiary alicyclic amines) is 1. The Bertz CT molecular complexity index is 660. The van der Waals surface area contributed by atoms with Crippen molar-refractivity contribution < 1.29 is 19.1 Å². The molecule has 1 saturated heterocycles. The number of alkyl carbamates (subject to hydrolysis) is 1. The van der Waals surface area contributed by atoms with Gasteiger partial charge in [0.15, 0.2) is 0 Å². The highest BCUT2D eigenvalue weighted by Crippen LogP contribution is 2.31. The number of hydrogen-bond donors (Lipinski definition) is 2. The standard InChI is InChI=1S/C20H32N4O4/c1-20(2,3)28-19(26)23-8-7-18(25)22-9-11-27-16-12-15(13-21-14-16)17-6-5-10-24(17)4/h12-14,17H,5-11H2,1-4H3,(H,22,25)(H,23,26)/t17-/m0/s1. The molecule has 1 aliphatic heterocycles. The van der Waals surface area contributed by atoms with Crippen LogP contribution in [0.1, 0.15) is 51.6 Å². The van der Waals surface area contributed by atoms with Crippen molar-refractivity contribution in [3.63, 3.8) is 0 Å². The van der Waals surface area contributed by atoms with Gasteiger partial charge in [-0.05, 0) is 58.8 Å². The zero-order chi connectivity index (χ0) is 20.6. The quantitative estimate of drug-likeness (QED) is 0.659. The average molecular weight is 393 g/mol. The molecule has 0 unspecified atom stereocenters. The molecule has 0 spiro atoms. The first-order valence-electron chi connectivity index (χ1n) is 9.76. The zero-order valence-electron chi connectivity index (χ0n) is 17.3. The fourth-order valence-corrected chi connectivity index (χ4v) is 3.07. The van der Waals surface area contributed by atoms with E-state index in [4.69, 9.17) is 9.47 Å². The van der Waals surface area contributed by atoms with Gasteiger partial charge in [-0.1, -0.05) is 0 Å². The van der Waals surface area contributed by atoms with E-state index in [2.05, 4.69) is 27.6 Å². The van der Waals surface area contributed by atoms with Crippen LogP contribution in [0.4, 0.5) is 4.79 Å². The maximum absolute atomic E-state index is 11.8. The van der Waals surface area contributed by atoms with Crippen LogP contribution in [-0.4, -0.2) is 60.8 Å². The van der Waals surface area contributed by atoms with Gasteiger partial charge in [0.1, 0.15) is 18.0 Å². The lowest BCUT2D eigenvalue weighted by molar-refractivity contribution is -0.121. The number of pyridine rings is 1. The molecule has 1 aliphatic rings. The number of aromatic nitrogens is 1. The van der Waals surface area contributed by atoms with Gasteiger partial charge in [-0.3, -0.25) is 14.7 Å². The Labute approximate surface area is 167 Å². The molecular weight excluding hydrogens is 360 g/mol. The fourth-order valence-electron chi connectivity index (χ4n) is 3.07. The Kier molecular flexibility index (Phi) is 8.04. The van der Waals surface area contributed by atoms with Crippen LogP contribution in [-0.2, 0) is 9.53 Å². The Morgan fingerprint density at radius 2 is 2.04 bits per heavy atom. The maximum Gasteiger partial charge on any atom is 0.407 e. The fraction of sp³-hybridized carbons (Fsp3) is 0.650. The molecular formula is C20H32N4O4. The van der Waals surface area contributed by atoms with Crippen molar-refractivity contribution >= 4 is 12.0 Å². The lowest BCUT2D eigenvalue weighted by atomic mass is 10.1. The molecule has 1 fully saturated rings. The third-order valence-corrected chi connectivity index (χ3v) is 4.35. The van der Waals surface area contributed by atoms with E-state index in [0.717, 1.165) is 18.5 Å². The van der Waals surface area contributed by atoms with Gasteiger partial charge in [-0.2, -0.15) is 0 Å². The normalized spacial score (nSPS) is 17.2. The van der Waals surface area contributed by atoms with E-state index in [1.165, 1.54) is 6.42 Å². The Hall–Kier alpha value is -2.35. The summed E-state index contributed by atoms with van der Waals surface area (Å²) < 4.78 is 10.8. The summed E-state index contributed by atoms with van der Waals surface area (Å²) in [5.41, 5.74) is 0.609. The molecule has 0 saturated carbocycles. The number of ether oxygens (including phenoxy) is 2. The summed E-state index contributed by atoms with van der Waals surface area (Å²) in [5.74, 6) is 0.553. The highest BCUT2D eigenvalue weighted by molar-refractivity contribution is 5.77. The molecule has 8 nitrogen and oxygen atoms in total. The van der Waals surface area contributed by atoms with Gasteiger partial charge in [0.2, 0.25) is 5.91 Å². The van der Waals surface area contributed by atoms with Gasteiger partial charge in [0.05, 0.1) is 12.7 Å². The highest BCUT2D eigenvalue weighted by atomic mass is 16.6. The molecule has 0 bridgehead atoms. The Morgan fingerprint density at radius 3 is 2.71 bits per heavy atom. The van der Waals surface area contributed by atoms with Gasteiger partial charge in [0, 0.05) is 25.2 Å². The maximum atomic E-state index is 11.8. The van der Waals surface area contributed by atoms with Crippen molar-refractivity contribution in [2.24, 2.45) is 0 Å². The molecule has 2 amide bonds. The topological polar surface area (TPSA) is 92.8 Å². The summed E-state index contributed by atoms with van der Waals surface area (Å²) in [6.45, 7) is 7.44. The highest BCUT2D eigenvalue weighted by Gasteiger charge is 2.23. The van der Waals surface area contributed by atoms with Crippen molar-refractivity contribution in [2.75, 3.05) is 33.3 Å². The van der Waals surface area contributed by atoms with E-state index in [9.17, 15) is 9.59 Å². The van der Waals surface area contributed by atoms with E-state index in [0.29, 0.717) is 24.9 Å². The van der Waals surface area contributed by atoms with Crippen molar-refractivity contribution in [3.05, 3.63) is 24.0 Å². The summed E-state index contributed by atoms with van der Waals surface area (Å²) in [6.07, 6.45) is 5.56. The summed E-state index contributed by atoms with van der Waals surface area (Å²) in [4.78, 5) is 29.9. The van der Waals surface area contributed by atoms with Crippen LogP contribution in [0.15, 0.2) is 18.5 Å². The van der Waals surface area contributed by atoms with Crippen LogP contribution in [0.5, 0.6) is 5.75 Å². The van der Waals surface area contributed by atoms with Crippen molar-refractivity contribution in [3.8, 4) is 5.75 Å². The van der Waals surface area contributed by atoms with Crippen LogP contribution < -0.4 is 15.4 Å².